The fourth-order valence-electron chi connectivity index (χ4n) is 4.43. The van der Waals surface area contributed by atoms with Crippen LogP contribution in [0.5, 0.6) is 0 Å². The number of hydrogen-bond donors (Lipinski definition) is 1. The summed E-state index contributed by atoms with van der Waals surface area (Å²) in [6.07, 6.45) is 2.73. The van der Waals surface area contributed by atoms with Crippen LogP contribution in [-0.4, -0.2) is 48.5 Å². The fraction of sp³-hybridized carbons (Fsp3) is 0.304. The lowest BCUT2D eigenvalue weighted by molar-refractivity contribution is 0.455. The van der Waals surface area contributed by atoms with E-state index in [9.17, 15) is 4.79 Å². The Morgan fingerprint density at radius 2 is 2.00 bits per heavy atom. The molecule has 30 heavy (non-hydrogen) atoms. The van der Waals surface area contributed by atoms with Crippen molar-refractivity contribution in [3.63, 3.8) is 0 Å². The summed E-state index contributed by atoms with van der Waals surface area (Å²) in [5, 5.41) is 8.57. The third-order valence-electron chi connectivity index (χ3n) is 5.91. The molecule has 0 amide bonds. The van der Waals surface area contributed by atoms with Crippen LogP contribution >= 0.6 is 11.6 Å². The van der Waals surface area contributed by atoms with Gasteiger partial charge in [-0.3, -0.25) is 4.79 Å². The zero-order valence-corrected chi connectivity index (χ0v) is 17.4. The van der Waals surface area contributed by atoms with Gasteiger partial charge in [-0.2, -0.15) is 9.78 Å². The van der Waals surface area contributed by atoms with Gasteiger partial charge >= 0.3 is 0 Å². The second-order valence-corrected chi connectivity index (χ2v) is 8.24. The topological polar surface area (TPSA) is 53.4 Å². The molecule has 0 bridgehead atoms. The monoisotopic (exact) mass is 421 g/mol. The molecule has 0 radical (unpaired) electrons. The van der Waals surface area contributed by atoms with Crippen LogP contribution in [0.1, 0.15) is 5.56 Å². The van der Waals surface area contributed by atoms with Crippen LogP contribution in [0.2, 0.25) is 5.02 Å². The van der Waals surface area contributed by atoms with E-state index in [1.165, 1.54) is 10.2 Å². The lowest BCUT2D eigenvalue weighted by atomic mass is 10.1. The quantitative estimate of drug-likeness (QED) is 0.702. The Morgan fingerprint density at radius 1 is 1.13 bits per heavy atom. The maximum Gasteiger partial charge on any atom is 0.297 e. The minimum atomic E-state index is -0.0974. The molecule has 0 spiro atoms. The Kier molecular flexibility index (Phi) is 5.19. The SMILES string of the molecule is O=c1c2c(cnn1-c1cccc(Cl)c1)N1CCNCC1CN2CCc1ccccc1. The predicted molar refractivity (Wildman–Crippen MR) is 121 cm³/mol. The van der Waals surface area contributed by atoms with Gasteiger partial charge in [0.15, 0.2) is 0 Å². The van der Waals surface area contributed by atoms with Crippen LogP contribution in [-0.2, 0) is 6.42 Å². The number of rotatable bonds is 4. The highest BCUT2D eigenvalue weighted by molar-refractivity contribution is 6.30. The second-order valence-electron chi connectivity index (χ2n) is 7.81. The highest BCUT2D eigenvalue weighted by atomic mass is 35.5. The van der Waals surface area contributed by atoms with Crippen molar-refractivity contribution in [1.82, 2.24) is 15.1 Å². The number of fused-ring (bicyclic) bond motifs is 3. The van der Waals surface area contributed by atoms with E-state index in [-0.39, 0.29) is 5.56 Å². The molecule has 2 aromatic carbocycles. The molecule has 154 valence electrons. The van der Waals surface area contributed by atoms with Crippen LogP contribution in [0.15, 0.2) is 65.6 Å². The molecule has 0 saturated carbocycles. The summed E-state index contributed by atoms with van der Waals surface area (Å²) < 4.78 is 1.46. The fourth-order valence-corrected chi connectivity index (χ4v) is 4.62. The van der Waals surface area contributed by atoms with Crippen LogP contribution in [0.3, 0.4) is 0 Å². The third-order valence-corrected chi connectivity index (χ3v) is 6.14. The molecule has 5 rings (SSSR count). The van der Waals surface area contributed by atoms with Crippen molar-refractivity contribution in [2.75, 3.05) is 42.5 Å². The lowest BCUT2D eigenvalue weighted by Gasteiger charge is -2.46. The smallest absolute Gasteiger partial charge is 0.297 e. The van der Waals surface area contributed by atoms with E-state index in [0.717, 1.165) is 50.5 Å². The molecule has 1 N–H and O–H groups in total. The van der Waals surface area contributed by atoms with Crippen molar-refractivity contribution in [3.8, 4) is 5.69 Å². The largest absolute Gasteiger partial charge is 0.363 e. The molecule has 1 fully saturated rings. The molecule has 7 heteroatoms. The van der Waals surface area contributed by atoms with Crippen LogP contribution in [0, 0.1) is 0 Å². The van der Waals surface area contributed by atoms with Crippen molar-refractivity contribution >= 4 is 23.0 Å². The van der Waals surface area contributed by atoms with E-state index < -0.39 is 0 Å². The maximum absolute atomic E-state index is 13.6. The Hall–Kier alpha value is -2.83. The summed E-state index contributed by atoms with van der Waals surface area (Å²) in [5.41, 5.74) is 3.52. The molecule has 1 aromatic heterocycles. The zero-order chi connectivity index (χ0) is 20.5. The minimum Gasteiger partial charge on any atom is -0.363 e. The Labute approximate surface area is 180 Å². The highest BCUT2D eigenvalue weighted by Gasteiger charge is 2.35. The molecular formula is C23H24ClN5O. The molecule has 2 aliphatic rings. The van der Waals surface area contributed by atoms with Crippen molar-refractivity contribution < 1.29 is 0 Å². The van der Waals surface area contributed by atoms with Gasteiger partial charge in [0.25, 0.3) is 5.56 Å². The molecular weight excluding hydrogens is 398 g/mol. The number of nitrogens with one attached hydrogen (secondary N) is 1. The first-order valence-electron chi connectivity index (χ1n) is 10.4. The summed E-state index contributed by atoms with van der Waals surface area (Å²) in [5.74, 6) is 0. The maximum atomic E-state index is 13.6. The van der Waals surface area contributed by atoms with E-state index in [1.807, 2.05) is 24.4 Å². The van der Waals surface area contributed by atoms with Gasteiger partial charge in [-0.05, 0) is 30.2 Å². The molecule has 0 aliphatic carbocycles. The second kappa shape index (κ2) is 8.13. The van der Waals surface area contributed by atoms with E-state index in [4.69, 9.17) is 11.6 Å². The summed E-state index contributed by atoms with van der Waals surface area (Å²) >= 11 is 6.16. The number of aromatic nitrogens is 2. The first kappa shape index (κ1) is 19.2. The van der Waals surface area contributed by atoms with Crippen LogP contribution in [0.25, 0.3) is 5.69 Å². The van der Waals surface area contributed by atoms with E-state index in [1.54, 1.807) is 12.1 Å². The summed E-state index contributed by atoms with van der Waals surface area (Å²) in [6.45, 7) is 4.32. The summed E-state index contributed by atoms with van der Waals surface area (Å²) in [7, 11) is 0. The van der Waals surface area contributed by atoms with Gasteiger partial charge in [0, 0.05) is 37.7 Å². The van der Waals surface area contributed by atoms with Crippen LogP contribution in [0.4, 0.5) is 11.4 Å². The number of anilines is 2. The van der Waals surface area contributed by atoms with Crippen molar-refractivity contribution in [3.05, 3.63) is 81.7 Å². The first-order valence-corrected chi connectivity index (χ1v) is 10.7. The number of hydrogen-bond acceptors (Lipinski definition) is 5. The van der Waals surface area contributed by atoms with Gasteiger partial charge < -0.3 is 15.1 Å². The minimum absolute atomic E-state index is 0.0974. The number of nitrogens with zero attached hydrogens (tertiary/aromatic N) is 4. The van der Waals surface area contributed by atoms with Gasteiger partial charge in [-0.25, -0.2) is 0 Å². The summed E-state index contributed by atoms with van der Waals surface area (Å²) in [6, 6.07) is 18.0. The Bertz CT molecular complexity index is 1100. The van der Waals surface area contributed by atoms with Crippen molar-refractivity contribution in [2.24, 2.45) is 0 Å². The number of benzene rings is 2. The summed E-state index contributed by atoms with van der Waals surface area (Å²) in [4.78, 5) is 18.2. The average Bonchev–Trinajstić information content (AvgIpc) is 2.78. The molecule has 3 aromatic rings. The molecule has 3 heterocycles. The molecule has 2 aliphatic heterocycles. The first-order chi connectivity index (χ1) is 14.7. The van der Waals surface area contributed by atoms with Gasteiger partial charge in [0.1, 0.15) is 5.69 Å². The predicted octanol–water partition coefficient (Wildman–Crippen LogP) is 2.73. The van der Waals surface area contributed by atoms with E-state index >= 15 is 0 Å². The highest BCUT2D eigenvalue weighted by Crippen LogP contribution is 2.33. The van der Waals surface area contributed by atoms with Crippen molar-refractivity contribution in [2.45, 2.75) is 12.5 Å². The van der Waals surface area contributed by atoms with Gasteiger partial charge in [0.2, 0.25) is 0 Å². The molecule has 1 saturated heterocycles. The average molecular weight is 422 g/mol. The van der Waals surface area contributed by atoms with E-state index in [2.05, 4.69) is 44.5 Å². The standard InChI is InChI=1S/C23H24ClN5O/c24-18-7-4-8-19(13-18)29-23(30)22-21(15-26-29)28-12-10-25-14-20(28)16-27(22)11-9-17-5-2-1-3-6-17/h1-8,13,15,20,25H,9-12,14,16H2. The van der Waals surface area contributed by atoms with Gasteiger partial charge in [-0.1, -0.05) is 48.0 Å². The van der Waals surface area contributed by atoms with Crippen molar-refractivity contribution in [1.29, 1.82) is 0 Å². The number of piperazine rings is 1. The molecule has 6 nitrogen and oxygen atoms in total. The normalized spacial score (nSPS) is 18.1. The number of halogens is 1. The Balaban J connectivity index is 1.56. The molecule has 1 unspecified atom stereocenters. The van der Waals surface area contributed by atoms with Crippen LogP contribution < -0.4 is 20.7 Å². The van der Waals surface area contributed by atoms with E-state index in [0.29, 0.717) is 16.8 Å². The lowest BCUT2D eigenvalue weighted by Crippen LogP contribution is -2.60. The Morgan fingerprint density at radius 3 is 2.83 bits per heavy atom. The van der Waals surface area contributed by atoms with Gasteiger partial charge in [-0.15, -0.1) is 0 Å². The third kappa shape index (κ3) is 3.57. The van der Waals surface area contributed by atoms with Gasteiger partial charge in [0.05, 0.1) is 23.6 Å². The zero-order valence-electron chi connectivity index (χ0n) is 16.7. The molecule has 1 atom stereocenters.